The lowest BCUT2D eigenvalue weighted by Crippen LogP contribution is -2.38. The van der Waals surface area contributed by atoms with Crippen molar-refractivity contribution in [2.75, 3.05) is 9.80 Å². The maximum absolute atomic E-state index is 2.64. The van der Waals surface area contributed by atoms with Crippen LogP contribution in [-0.4, -0.2) is 0 Å². The van der Waals surface area contributed by atoms with Crippen LogP contribution in [0.2, 0.25) is 0 Å². The summed E-state index contributed by atoms with van der Waals surface area (Å²) >= 11 is 3.77. The van der Waals surface area contributed by atoms with E-state index >= 15 is 0 Å². The number of nitrogens with zero attached hydrogens (tertiary/aromatic N) is 2. The fourth-order valence-corrected chi connectivity index (χ4v) is 16.5. The number of thiophene rings is 2. The maximum Gasteiger partial charge on any atom is 0.0544 e. The van der Waals surface area contributed by atoms with E-state index in [1.807, 2.05) is 22.7 Å². The molecule has 16 rings (SSSR count). The largest absolute Gasteiger partial charge is 0.309 e. The quantitative estimate of drug-likeness (QED) is 0.174. The number of rotatable bonds is 3. The first kappa shape index (κ1) is 44.5. The van der Waals surface area contributed by atoms with Crippen LogP contribution in [0.4, 0.5) is 34.1 Å². The summed E-state index contributed by atoms with van der Waals surface area (Å²) in [6.45, 7) is 19.7. The van der Waals surface area contributed by atoms with Gasteiger partial charge in [0.15, 0.2) is 0 Å². The first-order chi connectivity index (χ1) is 36.7. The van der Waals surface area contributed by atoms with Gasteiger partial charge >= 0.3 is 0 Å². The fraction of sp³-hybridized carbons (Fsp3) is 0.167. The highest BCUT2D eigenvalue weighted by atomic mass is 32.1. The van der Waals surface area contributed by atoms with Gasteiger partial charge in [-0.1, -0.05) is 152 Å². The molecule has 76 heavy (non-hydrogen) atoms. The van der Waals surface area contributed by atoms with E-state index in [2.05, 4.69) is 259 Å². The van der Waals surface area contributed by atoms with Gasteiger partial charge in [-0.05, 0) is 175 Å². The second-order valence-electron chi connectivity index (χ2n) is 24.1. The molecule has 366 valence electrons. The second kappa shape index (κ2) is 15.0. The number of hydrogen-bond donors (Lipinski definition) is 0. The molecule has 0 bridgehead atoms. The highest BCUT2D eigenvalue weighted by Gasteiger charge is 2.48. The van der Waals surface area contributed by atoms with Gasteiger partial charge in [0.25, 0.3) is 0 Å². The zero-order valence-corrected chi connectivity index (χ0v) is 45.8. The van der Waals surface area contributed by atoms with Crippen molar-refractivity contribution in [2.24, 2.45) is 0 Å². The monoisotopic (exact) mass is 1010 g/mol. The summed E-state index contributed by atoms with van der Waals surface area (Å²) in [7, 11) is 0. The fourth-order valence-electron chi connectivity index (χ4n) is 14.3. The standard InChI is InChI=1S/C72H56N2S2/c1-69(2)51-19-11-13-21-59(51)73-60-22-14-12-20-52(60)70(3,4)56-38-45(37-55(69)67(56)73)46-39-57-68-58(40-46)72(7,8)54-36-44(42-28-32-66-50(34-42)48-18-10-16-24-64(48)76-66)26-30-62(54)74(68)61-29-25-43(35-53(61)71(57,5)6)41-27-31-65-49(33-41)47-17-9-15-23-63(47)75-65/h9-40H,1-8H3. The lowest BCUT2D eigenvalue weighted by atomic mass is 9.64. The Morgan fingerprint density at radius 1 is 0.250 bits per heavy atom. The molecule has 0 spiro atoms. The summed E-state index contributed by atoms with van der Waals surface area (Å²) in [5.41, 5.74) is 25.0. The Morgan fingerprint density at radius 2 is 0.553 bits per heavy atom. The molecule has 0 atom stereocenters. The van der Waals surface area contributed by atoms with Crippen LogP contribution in [0.25, 0.3) is 73.7 Å². The molecule has 0 unspecified atom stereocenters. The molecule has 0 saturated carbocycles. The summed E-state index contributed by atoms with van der Waals surface area (Å²) < 4.78 is 5.33. The molecule has 0 aliphatic carbocycles. The number of anilines is 6. The van der Waals surface area contributed by atoms with Gasteiger partial charge < -0.3 is 9.80 Å². The van der Waals surface area contributed by atoms with Gasteiger partial charge in [-0.15, -0.1) is 22.7 Å². The summed E-state index contributed by atoms with van der Waals surface area (Å²) in [6, 6.07) is 75.0. The zero-order chi connectivity index (χ0) is 51.4. The van der Waals surface area contributed by atoms with E-state index in [-0.39, 0.29) is 21.7 Å². The minimum Gasteiger partial charge on any atom is -0.309 e. The summed E-state index contributed by atoms with van der Waals surface area (Å²) in [4.78, 5) is 5.22. The van der Waals surface area contributed by atoms with Crippen LogP contribution in [0.15, 0.2) is 194 Å². The molecule has 0 saturated heterocycles. The van der Waals surface area contributed by atoms with Gasteiger partial charge in [0.1, 0.15) is 0 Å². The molecule has 0 N–H and O–H groups in total. The smallest absolute Gasteiger partial charge is 0.0544 e. The molecule has 2 aromatic heterocycles. The third-order valence-electron chi connectivity index (χ3n) is 18.6. The van der Waals surface area contributed by atoms with Crippen molar-refractivity contribution in [3.05, 3.63) is 239 Å². The Bertz CT molecular complexity index is 4280. The first-order valence-electron chi connectivity index (χ1n) is 27.0. The van der Waals surface area contributed by atoms with Gasteiger partial charge in [0.2, 0.25) is 0 Å². The summed E-state index contributed by atoms with van der Waals surface area (Å²) in [5, 5.41) is 5.32. The first-order valence-corrected chi connectivity index (χ1v) is 28.6. The topological polar surface area (TPSA) is 6.48 Å². The molecule has 10 aromatic carbocycles. The molecule has 0 amide bonds. The number of benzene rings is 10. The van der Waals surface area contributed by atoms with E-state index in [1.165, 1.54) is 152 Å². The second-order valence-corrected chi connectivity index (χ2v) is 26.3. The number of hydrogen-bond acceptors (Lipinski definition) is 4. The van der Waals surface area contributed by atoms with Crippen LogP contribution >= 0.6 is 22.7 Å². The summed E-state index contributed by atoms with van der Waals surface area (Å²) in [6.07, 6.45) is 0. The van der Waals surface area contributed by atoms with Gasteiger partial charge in [0, 0.05) is 62.0 Å². The average Bonchev–Trinajstić information content (AvgIpc) is 4.14. The van der Waals surface area contributed by atoms with Crippen molar-refractivity contribution in [1.29, 1.82) is 0 Å². The Kier molecular flexibility index (Phi) is 8.79. The predicted molar refractivity (Wildman–Crippen MR) is 326 cm³/mol. The molecule has 12 aromatic rings. The van der Waals surface area contributed by atoms with E-state index in [0.717, 1.165) is 0 Å². The summed E-state index contributed by atoms with van der Waals surface area (Å²) in [5.74, 6) is 0. The van der Waals surface area contributed by atoms with Crippen molar-refractivity contribution in [2.45, 2.75) is 77.0 Å². The SMILES string of the molecule is CC1(C)c2ccccc2N2c3ccccc3C(C)(C)c3cc(-c4cc5c6c(c4)C(C)(C)c4cc(-c7ccc8sc9ccccc9c8c7)ccc4N6c4ccc(-c6ccc7sc8ccccc8c7c6)cc4C5(C)C)cc1c32. The van der Waals surface area contributed by atoms with Crippen LogP contribution < -0.4 is 9.80 Å². The Balaban J connectivity index is 0.937. The molecule has 2 nitrogen and oxygen atoms in total. The van der Waals surface area contributed by atoms with Crippen LogP contribution in [0, 0.1) is 0 Å². The predicted octanol–water partition coefficient (Wildman–Crippen LogP) is 20.9. The van der Waals surface area contributed by atoms with E-state index in [1.54, 1.807) is 0 Å². The maximum atomic E-state index is 2.64. The minimum absolute atomic E-state index is 0.241. The van der Waals surface area contributed by atoms with Crippen LogP contribution in [-0.2, 0) is 21.7 Å². The Hall–Kier alpha value is -7.76. The van der Waals surface area contributed by atoms with E-state index in [0.29, 0.717) is 0 Å². The van der Waals surface area contributed by atoms with Crippen molar-refractivity contribution in [1.82, 2.24) is 0 Å². The molecule has 4 heteroatoms. The number of fused-ring (bicyclic) bond motifs is 14. The molecule has 0 radical (unpaired) electrons. The van der Waals surface area contributed by atoms with E-state index in [4.69, 9.17) is 0 Å². The van der Waals surface area contributed by atoms with Gasteiger partial charge in [-0.3, -0.25) is 0 Å². The van der Waals surface area contributed by atoms with Crippen molar-refractivity contribution in [3.8, 4) is 33.4 Å². The zero-order valence-electron chi connectivity index (χ0n) is 44.2. The van der Waals surface area contributed by atoms with Crippen molar-refractivity contribution < 1.29 is 0 Å². The molecule has 6 heterocycles. The molecule has 4 aliphatic heterocycles. The van der Waals surface area contributed by atoms with Gasteiger partial charge in [-0.2, -0.15) is 0 Å². The van der Waals surface area contributed by atoms with Crippen LogP contribution in [0.3, 0.4) is 0 Å². The highest BCUT2D eigenvalue weighted by Crippen LogP contribution is 2.64. The Labute approximate surface area is 453 Å². The van der Waals surface area contributed by atoms with Crippen molar-refractivity contribution in [3.63, 3.8) is 0 Å². The molecule has 4 aliphatic rings. The third kappa shape index (κ3) is 5.81. The Morgan fingerprint density at radius 3 is 0.974 bits per heavy atom. The van der Waals surface area contributed by atoms with Gasteiger partial charge in [-0.25, -0.2) is 0 Å². The third-order valence-corrected chi connectivity index (χ3v) is 20.9. The molecule has 0 fully saturated rings. The van der Waals surface area contributed by atoms with E-state index < -0.39 is 0 Å². The minimum atomic E-state index is -0.344. The lowest BCUT2D eigenvalue weighted by Gasteiger charge is -2.50. The molecular weight excluding hydrogens is 957 g/mol. The highest BCUT2D eigenvalue weighted by molar-refractivity contribution is 7.26. The number of para-hydroxylation sites is 2. The van der Waals surface area contributed by atoms with Crippen LogP contribution in [0.1, 0.15) is 99.9 Å². The molecular formula is C72H56N2S2. The van der Waals surface area contributed by atoms with Gasteiger partial charge in [0.05, 0.1) is 34.1 Å². The van der Waals surface area contributed by atoms with Crippen molar-refractivity contribution >= 4 is 97.1 Å². The lowest BCUT2D eigenvalue weighted by molar-refractivity contribution is 0.596. The average molecular weight is 1010 g/mol. The van der Waals surface area contributed by atoms with E-state index in [9.17, 15) is 0 Å². The van der Waals surface area contributed by atoms with Crippen LogP contribution in [0.5, 0.6) is 0 Å². The normalized spacial score (nSPS) is 16.5.